The summed E-state index contributed by atoms with van der Waals surface area (Å²) in [6.45, 7) is 0. The normalized spacial score (nSPS) is 11.2. The van der Waals surface area contributed by atoms with Crippen molar-refractivity contribution in [1.29, 1.82) is 10.7 Å². The molecule has 0 fully saturated rings. The lowest BCUT2D eigenvalue weighted by atomic mass is 10.0. The first-order valence-electron chi connectivity index (χ1n) is 8.14. The van der Waals surface area contributed by atoms with Gasteiger partial charge in [0.25, 0.3) is 0 Å². The van der Waals surface area contributed by atoms with Crippen LogP contribution in [0.3, 0.4) is 0 Å². The van der Waals surface area contributed by atoms with Gasteiger partial charge in [0, 0.05) is 16.5 Å². The van der Waals surface area contributed by atoms with Crippen LogP contribution in [0.25, 0.3) is 44.2 Å². The van der Waals surface area contributed by atoms with E-state index in [2.05, 4.69) is 22.1 Å². The maximum atomic E-state index is 9.57. The van der Waals surface area contributed by atoms with Crippen LogP contribution in [-0.4, -0.2) is 9.97 Å². The third-order valence-electron chi connectivity index (χ3n) is 4.56. The third-order valence-corrected chi connectivity index (χ3v) is 4.56. The largest absolute Gasteiger partial charge is 0.438 e. The summed E-state index contributed by atoms with van der Waals surface area (Å²) in [5.41, 5.74) is 3.62. The number of hydrogen-bond acceptors (Lipinski definition) is 4. The molecule has 2 N–H and O–H groups in total. The Morgan fingerprint density at radius 3 is 2.58 bits per heavy atom. The third kappa shape index (κ3) is 1.96. The number of nitrogens with one attached hydrogen (secondary N) is 2. The van der Waals surface area contributed by atoms with E-state index >= 15 is 0 Å². The van der Waals surface area contributed by atoms with E-state index in [1.165, 1.54) is 0 Å². The molecular formula is C21H12N4O. The van der Waals surface area contributed by atoms with Gasteiger partial charge in [-0.15, -0.1) is 0 Å². The van der Waals surface area contributed by atoms with Gasteiger partial charge >= 0.3 is 0 Å². The highest BCUT2D eigenvalue weighted by Gasteiger charge is 2.17. The van der Waals surface area contributed by atoms with Crippen molar-refractivity contribution in [2.75, 3.05) is 0 Å². The molecule has 0 radical (unpaired) electrons. The first kappa shape index (κ1) is 14.4. The van der Waals surface area contributed by atoms with Gasteiger partial charge in [0.05, 0.1) is 10.9 Å². The molecule has 5 rings (SSSR count). The number of aromatic nitrogens is 2. The molecule has 3 heterocycles. The number of hydrogen-bond donors (Lipinski definition) is 2. The van der Waals surface area contributed by atoms with Gasteiger partial charge in [-0.05, 0) is 17.7 Å². The maximum Gasteiger partial charge on any atom is 0.231 e. The zero-order chi connectivity index (χ0) is 17.7. The highest BCUT2D eigenvalue weighted by Crippen LogP contribution is 2.34. The molecule has 0 aliphatic rings. The standard InChI is InChI=1S/C21H12N4O/c22-11-15-19-18-14(10-16(24-19)12-6-2-1-3-7-12)13-8-4-5-9-17(13)26-21(18)25-20(15)23/h1-10,23-24H. The van der Waals surface area contributed by atoms with Crippen LogP contribution < -0.4 is 5.49 Å². The molecular weight excluding hydrogens is 324 g/mol. The van der Waals surface area contributed by atoms with Gasteiger partial charge in [0.1, 0.15) is 17.2 Å². The van der Waals surface area contributed by atoms with Gasteiger partial charge in [0.15, 0.2) is 5.49 Å². The molecule has 0 saturated heterocycles. The number of nitrogens with zero attached hydrogens (tertiary/aromatic N) is 2. The topological polar surface area (TPSA) is 89.5 Å². The lowest BCUT2D eigenvalue weighted by Crippen LogP contribution is -2.12. The molecule has 0 aliphatic heterocycles. The number of pyridine rings is 2. The van der Waals surface area contributed by atoms with Crippen LogP contribution in [0.2, 0.25) is 0 Å². The van der Waals surface area contributed by atoms with Crippen molar-refractivity contribution < 1.29 is 4.42 Å². The minimum absolute atomic E-state index is 0.0956. The Kier molecular flexibility index (Phi) is 2.94. The Bertz CT molecular complexity index is 1410. The second-order valence-electron chi connectivity index (χ2n) is 6.06. The molecule has 26 heavy (non-hydrogen) atoms. The fraction of sp³-hybridized carbons (Fsp3) is 0. The van der Waals surface area contributed by atoms with Gasteiger partial charge in [-0.2, -0.15) is 10.2 Å². The average molecular weight is 336 g/mol. The molecule has 2 aromatic carbocycles. The van der Waals surface area contributed by atoms with E-state index in [1.807, 2.05) is 54.6 Å². The summed E-state index contributed by atoms with van der Waals surface area (Å²) in [5, 5.41) is 20.3. The quantitative estimate of drug-likeness (QED) is 0.349. The molecule has 0 saturated carbocycles. The van der Waals surface area contributed by atoms with Crippen LogP contribution in [0.4, 0.5) is 0 Å². The molecule has 0 atom stereocenters. The molecule has 0 aliphatic carbocycles. The van der Waals surface area contributed by atoms with Crippen LogP contribution in [0.15, 0.2) is 65.1 Å². The Labute approximate surface area is 147 Å². The van der Waals surface area contributed by atoms with E-state index in [-0.39, 0.29) is 11.1 Å². The summed E-state index contributed by atoms with van der Waals surface area (Å²) in [6, 6.07) is 21.8. The van der Waals surface area contributed by atoms with E-state index < -0.39 is 0 Å². The van der Waals surface area contributed by atoms with Crippen LogP contribution >= 0.6 is 0 Å². The summed E-state index contributed by atoms with van der Waals surface area (Å²) >= 11 is 0. The molecule has 122 valence electrons. The smallest absolute Gasteiger partial charge is 0.231 e. The lowest BCUT2D eigenvalue weighted by molar-refractivity contribution is 0.643. The second kappa shape index (κ2) is 5.30. The van der Waals surface area contributed by atoms with E-state index in [0.29, 0.717) is 16.8 Å². The number of fused-ring (bicyclic) bond motifs is 2. The molecule has 0 unspecified atom stereocenters. The number of aromatic amines is 1. The van der Waals surface area contributed by atoms with Gasteiger partial charge in [-0.3, -0.25) is 5.41 Å². The number of H-pyrrole nitrogens is 1. The highest BCUT2D eigenvalue weighted by atomic mass is 16.3. The number of rotatable bonds is 1. The molecule has 3 aromatic heterocycles. The van der Waals surface area contributed by atoms with Crippen molar-refractivity contribution in [2.24, 2.45) is 0 Å². The maximum absolute atomic E-state index is 9.57. The van der Waals surface area contributed by atoms with Crippen molar-refractivity contribution in [3.8, 4) is 17.3 Å². The Hall–Kier alpha value is -3.91. The number of nitriles is 1. The molecule has 5 heteroatoms. The van der Waals surface area contributed by atoms with Gasteiger partial charge in [0.2, 0.25) is 5.71 Å². The van der Waals surface area contributed by atoms with Crippen LogP contribution in [0.5, 0.6) is 0 Å². The summed E-state index contributed by atoms with van der Waals surface area (Å²) in [7, 11) is 0. The fourth-order valence-electron chi connectivity index (χ4n) is 3.38. The Morgan fingerprint density at radius 1 is 1.00 bits per heavy atom. The first-order chi connectivity index (χ1) is 12.8. The number of para-hydroxylation sites is 1. The van der Waals surface area contributed by atoms with Crippen molar-refractivity contribution >= 4 is 33.0 Å². The van der Waals surface area contributed by atoms with Crippen LogP contribution in [-0.2, 0) is 0 Å². The minimum atomic E-state index is -0.0956. The monoisotopic (exact) mass is 336 g/mol. The van der Waals surface area contributed by atoms with Gasteiger partial charge in [-0.1, -0.05) is 48.5 Å². The van der Waals surface area contributed by atoms with E-state index in [1.54, 1.807) is 0 Å². The van der Waals surface area contributed by atoms with E-state index in [9.17, 15) is 5.26 Å². The first-order valence-corrected chi connectivity index (χ1v) is 8.14. The summed E-state index contributed by atoms with van der Waals surface area (Å²) in [6.07, 6.45) is 0. The van der Waals surface area contributed by atoms with Crippen LogP contribution in [0, 0.1) is 16.7 Å². The Morgan fingerprint density at radius 2 is 1.77 bits per heavy atom. The summed E-state index contributed by atoms with van der Waals surface area (Å²) in [5.74, 6) is 0. The van der Waals surface area contributed by atoms with Crippen molar-refractivity contribution in [3.63, 3.8) is 0 Å². The molecule has 0 spiro atoms. The highest BCUT2D eigenvalue weighted by molar-refractivity contribution is 6.17. The molecule has 5 nitrogen and oxygen atoms in total. The van der Waals surface area contributed by atoms with Gasteiger partial charge in [-0.25, -0.2) is 0 Å². The molecule has 5 aromatic rings. The second-order valence-corrected chi connectivity index (χ2v) is 6.06. The lowest BCUT2D eigenvalue weighted by Gasteiger charge is -2.12. The van der Waals surface area contributed by atoms with Crippen molar-refractivity contribution in [1.82, 2.24) is 9.97 Å². The van der Waals surface area contributed by atoms with Gasteiger partial charge < -0.3 is 9.40 Å². The Balaban J connectivity index is 2.08. The SMILES string of the molecule is N#Cc1c(=N)nc2oc3ccccc3c3cc(-c4ccccc4)[nH]c1c23. The van der Waals surface area contributed by atoms with Crippen LogP contribution in [0.1, 0.15) is 5.56 Å². The summed E-state index contributed by atoms with van der Waals surface area (Å²) < 4.78 is 5.91. The van der Waals surface area contributed by atoms with Crippen molar-refractivity contribution in [3.05, 3.63) is 71.7 Å². The molecule has 0 amide bonds. The fourth-order valence-corrected chi connectivity index (χ4v) is 3.38. The van der Waals surface area contributed by atoms with E-state index in [0.717, 1.165) is 27.4 Å². The predicted octanol–water partition coefficient (Wildman–Crippen LogP) is 4.48. The zero-order valence-electron chi connectivity index (χ0n) is 13.6. The zero-order valence-corrected chi connectivity index (χ0v) is 13.6. The van der Waals surface area contributed by atoms with E-state index in [4.69, 9.17) is 9.83 Å². The predicted molar refractivity (Wildman–Crippen MR) is 99.4 cm³/mol. The van der Waals surface area contributed by atoms with Crippen molar-refractivity contribution in [2.45, 2.75) is 0 Å². The average Bonchev–Trinajstić information content (AvgIpc) is 2.68. The molecule has 0 bridgehead atoms. The number of benzene rings is 2. The minimum Gasteiger partial charge on any atom is -0.438 e. The summed E-state index contributed by atoms with van der Waals surface area (Å²) in [4.78, 5) is 7.53.